The molecule has 0 aliphatic heterocycles. The number of amides is 1. The second kappa shape index (κ2) is 12.6. The molecule has 0 radical (unpaired) electrons. The monoisotopic (exact) mass is 498 g/mol. The Kier molecular flexibility index (Phi) is 9.00. The summed E-state index contributed by atoms with van der Waals surface area (Å²) in [6.07, 6.45) is 12.3. The molecule has 2 saturated carbocycles. The number of anilines is 1. The highest BCUT2D eigenvalue weighted by molar-refractivity contribution is 6.08. The number of methoxy groups -OCH3 is 1. The summed E-state index contributed by atoms with van der Waals surface area (Å²) < 4.78 is 5.31. The van der Waals surface area contributed by atoms with Gasteiger partial charge in [0.15, 0.2) is 0 Å². The van der Waals surface area contributed by atoms with Gasteiger partial charge in [0, 0.05) is 36.1 Å². The summed E-state index contributed by atoms with van der Waals surface area (Å²) >= 11 is 0. The lowest BCUT2D eigenvalue weighted by atomic mass is 9.78. The minimum absolute atomic E-state index is 0.0877. The van der Waals surface area contributed by atoms with E-state index in [-0.39, 0.29) is 11.8 Å². The predicted molar refractivity (Wildman–Crippen MR) is 149 cm³/mol. The van der Waals surface area contributed by atoms with Gasteiger partial charge in [0.25, 0.3) is 0 Å². The molecule has 6 nitrogen and oxygen atoms in total. The SMILES string of the molecule is COc1ccc(C2CCC(CN(C(=O)C3CCCCC3)c3cccc(C(C=N)=CN)c3)CC2)cc1C#N. The Morgan fingerprint density at radius 3 is 2.51 bits per heavy atom. The molecule has 2 aliphatic rings. The van der Waals surface area contributed by atoms with E-state index in [1.54, 1.807) is 7.11 Å². The average molecular weight is 499 g/mol. The number of hydrogen-bond acceptors (Lipinski definition) is 5. The third-order valence-electron chi connectivity index (χ3n) is 8.15. The Morgan fingerprint density at radius 2 is 1.86 bits per heavy atom. The van der Waals surface area contributed by atoms with Gasteiger partial charge < -0.3 is 20.8 Å². The van der Waals surface area contributed by atoms with Crippen molar-refractivity contribution in [2.45, 2.75) is 63.7 Å². The molecule has 2 fully saturated rings. The Bertz CT molecular complexity index is 1170. The Balaban J connectivity index is 1.51. The number of ether oxygens (including phenoxy) is 1. The Labute approximate surface area is 220 Å². The molecule has 1 amide bonds. The lowest BCUT2D eigenvalue weighted by molar-refractivity contribution is -0.123. The maximum absolute atomic E-state index is 13.8. The molecule has 2 aliphatic carbocycles. The van der Waals surface area contributed by atoms with Crippen molar-refractivity contribution >= 4 is 23.4 Å². The lowest BCUT2D eigenvalue weighted by Crippen LogP contribution is -2.41. The zero-order valence-corrected chi connectivity index (χ0v) is 21.8. The molecule has 6 heteroatoms. The van der Waals surface area contributed by atoms with E-state index in [1.165, 1.54) is 24.4 Å². The number of nitriles is 1. The number of benzene rings is 2. The molecule has 0 atom stereocenters. The van der Waals surface area contributed by atoms with Gasteiger partial charge in [-0.25, -0.2) is 0 Å². The second-order valence-electron chi connectivity index (χ2n) is 10.4. The van der Waals surface area contributed by atoms with E-state index in [1.807, 2.05) is 41.3 Å². The molecule has 0 spiro atoms. The normalized spacial score (nSPS) is 20.6. The molecule has 3 N–H and O–H groups in total. The first-order valence-corrected chi connectivity index (χ1v) is 13.5. The molecule has 0 heterocycles. The van der Waals surface area contributed by atoms with Crippen LogP contribution in [0.15, 0.2) is 48.7 Å². The van der Waals surface area contributed by atoms with E-state index in [0.29, 0.717) is 35.3 Å². The minimum Gasteiger partial charge on any atom is -0.495 e. The standard InChI is InChI=1S/C31H38N4O2/c1-37-30-15-14-26(16-27(30)18-32)23-12-10-22(11-13-23)21-35(31(36)24-6-3-2-4-7-24)29-9-5-8-25(17-29)28(19-33)20-34/h5,8-9,14-17,19-20,22-24,33H,2-4,6-7,10-13,21,34H2,1H3. The summed E-state index contributed by atoms with van der Waals surface area (Å²) in [4.78, 5) is 15.8. The third-order valence-corrected chi connectivity index (χ3v) is 8.15. The van der Waals surface area contributed by atoms with Crippen LogP contribution in [0.1, 0.15) is 80.4 Å². The summed E-state index contributed by atoms with van der Waals surface area (Å²) in [6, 6.07) is 16.1. The maximum atomic E-state index is 13.8. The van der Waals surface area contributed by atoms with Crippen molar-refractivity contribution in [3.63, 3.8) is 0 Å². The summed E-state index contributed by atoms with van der Waals surface area (Å²) in [7, 11) is 1.59. The molecular weight excluding hydrogens is 460 g/mol. The quantitative estimate of drug-likeness (QED) is 0.411. The number of carbonyl (C=O) groups excluding carboxylic acids is 1. The van der Waals surface area contributed by atoms with Crippen LogP contribution in [0.3, 0.4) is 0 Å². The fourth-order valence-electron chi connectivity index (χ4n) is 5.98. The molecule has 4 rings (SSSR count). The van der Waals surface area contributed by atoms with Crippen molar-refractivity contribution in [3.8, 4) is 11.8 Å². The number of allylic oxidation sites excluding steroid dienone is 1. The fourth-order valence-corrected chi connectivity index (χ4v) is 5.98. The first kappa shape index (κ1) is 26.5. The van der Waals surface area contributed by atoms with Gasteiger partial charge in [-0.3, -0.25) is 4.79 Å². The van der Waals surface area contributed by atoms with Crippen LogP contribution >= 0.6 is 0 Å². The van der Waals surface area contributed by atoms with E-state index < -0.39 is 0 Å². The molecule has 0 aromatic heterocycles. The van der Waals surface area contributed by atoms with Crippen LogP contribution in [-0.2, 0) is 4.79 Å². The largest absolute Gasteiger partial charge is 0.495 e. The predicted octanol–water partition coefficient (Wildman–Crippen LogP) is 6.40. The van der Waals surface area contributed by atoms with Gasteiger partial charge in [0.1, 0.15) is 11.8 Å². The van der Waals surface area contributed by atoms with Crippen LogP contribution in [0.5, 0.6) is 5.75 Å². The fraction of sp³-hybridized carbons (Fsp3) is 0.452. The summed E-state index contributed by atoms with van der Waals surface area (Å²) in [6.45, 7) is 0.712. The summed E-state index contributed by atoms with van der Waals surface area (Å²) in [5.41, 5.74) is 9.92. The van der Waals surface area contributed by atoms with Gasteiger partial charge >= 0.3 is 0 Å². The molecule has 0 bridgehead atoms. The van der Waals surface area contributed by atoms with Crippen molar-refractivity contribution in [1.29, 1.82) is 10.7 Å². The van der Waals surface area contributed by atoms with E-state index in [0.717, 1.165) is 62.6 Å². The average Bonchev–Trinajstić information content (AvgIpc) is 2.96. The summed E-state index contributed by atoms with van der Waals surface area (Å²) in [5.74, 6) is 1.79. The molecule has 0 saturated heterocycles. The zero-order valence-electron chi connectivity index (χ0n) is 21.8. The van der Waals surface area contributed by atoms with Gasteiger partial charge in [0.05, 0.1) is 12.7 Å². The molecule has 2 aromatic rings. The molecule has 194 valence electrons. The number of hydrogen-bond donors (Lipinski definition) is 2. The zero-order chi connectivity index (χ0) is 26.2. The molecule has 0 unspecified atom stereocenters. The highest BCUT2D eigenvalue weighted by atomic mass is 16.5. The number of carbonyl (C=O) groups is 1. The van der Waals surface area contributed by atoms with E-state index >= 15 is 0 Å². The summed E-state index contributed by atoms with van der Waals surface area (Å²) in [5, 5.41) is 17.2. The van der Waals surface area contributed by atoms with Crippen molar-refractivity contribution < 1.29 is 9.53 Å². The lowest BCUT2D eigenvalue weighted by Gasteiger charge is -2.35. The van der Waals surface area contributed by atoms with Crippen LogP contribution in [0.25, 0.3) is 5.57 Å². The first-order chi connectivity index (χ1) is 18.1. The van der Waals surface area contributed by atoms with Gasteiger partial charge in [-0.1, -0.05) is 37.5 Å². The molecule has 2 aromatic carbocycles. The van der Waals surface area contributed by atoms with E-state index in [4.69, 9.17) is 15.9 Å². The highest BCUT2D eigenvalue weighted by Gasteiger charge is 2.31. The van der Waals surface area contributed by atoms with Crippen LogP contribution < -0.4 is 15.4 Å². The topological polar surface area (TPSA) is 103 Å². The van der Waals surface area contributed by atoms with Crippen molar-refractivity contribution in [2.24, 2.45) is 17.6 Å². The molecule has 37 heavy (non-hydrogen) atoms. The maximum Gasteiger partial charge on any atom is 0.230 e. The van der Waals surface area contributed by atoms with E-state index in [2.05, 4.69) is 12.1 Å². The smallest absolute Gasteiger partial charge is 0.230 e. The second-order valence-corrected chi connectivity index (χ2v) is 10.4. The van der Waals surface area contributed by atoms with Crippen LogP contribution in [-0.4, -0.2) is 25.8 Å². The van der Waals surface area contributed by atoms with Gasteiger partial charge in [0.2, 0.25) is 5.91 Å². The number of nitrogens with zero attached hydrogens (tertiary/aromatic N) is 2. The van der Waals surface area contributed by atoms with Crippen molar-refractivity contribution in [3.05, 3.63) is 65.4 Å². The number of nitrogens with two attached hydrogens (primary N) is 1. The number of nitrogens with one attached hydrogen (secondary N) is 1. The van der Waals surface area contributed by atoms with Gasteiger partial charge in [-0.2, -0.15) is 5.26 Å². The Morgan fingerprint density at radius 1 is 1.11 bits per heavy atom. The van der Waals surface area contributed by atoms with Gasteiger partial charge in [-0.05, 0) is 85.8 Å². The van der Waals surface area contributed by atoms with Crippen molar-refractivity contribution in [1.82, 2.24) is 0 Å². The third kappa shape index (κ3) is 6.22. The van der Waals surface area contributed by atoms with Crippen LogP contribution in [0.2, 0.25) is 0 Å². The molecular formula is C31H38N4O2. The van der Waals surface area contributed by atoms with Crippen molar-refractivity contribution in [2.75, 3.05) is 18.6 Å². The van der Waals surface area contributed by atoms with Gasteiger partial charge in [-0.15, -0.1) is 0 Å². The first-order valence-electron chi connectivity index (χ1n) is 13.5. The van der Waals surface area contributed by atoms with Crippen LogP contribution in [0.4, 0.5) is 5.69 Å². The Hall–Kier alpha value is -3.59. The number of rotatable bonds is 8. The van der Waals surface area contributed by atoms with Crippen LogP contribution in [0, 0.1) is 28.6 Å². The minimum atomic E-state index is 0.0877. The highest BCUT2D eigenvalue weighted by Crippen LogP contribution is 2.38. The van der Waals surface area contributed by atoms with E-state index in [9.17, 15) is 10.1 Å².